The molecule has 0 aliphatic heterocycles. The molecule has 126 valence electrons. The van der Waals surface area contributed by atoms with Gasteiger partial charge in [0, 0.05) is 6.54 Å². The molecule has 1 amide bonds. The fourth-order valence-corrected chi connectivity index (χ4v) is 4.93. The molecule has 3 heterocycles. The Hall–Kier alpha value is -1.54. The van der Waals surface area contributed by atoms with Crippen molar-refractivity contribution in [3.63, 3.8) is 0 Å². The van der Waals surface area contributed by atoms with Gasteiger partial charge in [0.05, 0.1) is 16.6 Å². The Morgan fingerprint density at radius 3 is 2.79 bits per heavy atom. The van der Waals surface area contributed by atoms with E-state index in [2.05, 4.69) is 32.0 Å². The van der Waals surface area contributed by atoms with E-state index < -0.39 is 0 Å². The van der Waals surface area contributed by atoms with Crippen molar-refractivity contribution >= 4 is 39.9 Å². The van der Waals surface area contributed by atoms with Crippen LogP contribution in [0.2, 0.25) is 0 Å². The minimum absolute atomic E-state index is 0.0464. The van der Waals surface area contributed by atoms with Gasteiger partial charge in [-0.05, 0) is 54.9 Å². The highest BCUT2D eigenvalue weighted by atomic mass is 32.1. The van der Waals surface area contributed by atoms with E-state index in [1.54, 1.807) is 22.7 Å². The first-order valence-corrected chi connectivity index (χ1v) is 10.2. The van der Waals surface area contributed by atoms with Crippen LogP contribution < -0.4 is 5.32 Å². The summed E-state index contributed by atoms with van der Waals surface area (Å²) in [6.45, 7) is 2.47. The lowest BCUT2D eigenvalue weighted by atomic mass is 10.1. The van der Waals surface area contributed by atoms with Crippen LogP contribution in [0.25, 0.3) is 9.88 Å². The number of nitrogens with zero attached hydrogens (tertiary/aromatic N) is 2. The van der Waals surface area contributed by atoms with Crippen LogP contribution in [0.3, 0.4) is 0 Å². The fraction of sp³-hybridized carbons (Fsp3) is 0.294. The largest absolute Gasteiger partial charge is 0.349 e. The van der Waals surface area contributed by atoms with E-state index in [0.29, 0.717) is 11.4 Å². The summed E-state index contributed by atoms with van der Waals surface area (Å²) in [5.41, 5.74) is 2.02. The summed E-state index contributed by atoms with van der Waals surface area (Å²) in [5.74, 6) is -0.0464. The van der Waals surface area contributed by atoms with Gasteiger partial charge >= 0.3 is 0 Å². The first-order chi connectivity index (χ1) is 11.6. The first kappa shape index (κ1) is 17.3. The monoisotopic (exact) mass is 377 g/mol. The number of aromatic nitrogens is 1. The second kappa shape index (κ2) is 7.57. The van der Waals surface area contributed by atoms with Crippen molar-refractivity contribution in [2.24, 2.45) is 0 Å². The van der Waals surface area contributed by atoms with Crippen molar-refractivity contribution in [3.8, 4) is 9.88 Å². The van der Waals surface area contributed by atoms with Crippen molar-refractivity contribution in [2.45, 2.75) is 13.0 Å². The zero-order valence-corrected chi connectivity index (χ0v) is 16.2. The number of rotatable bonds is 6. The van der Waals surface area contributed by atoms with Crippen LogP contribution in [0, 0.1) is 6.92 Å². The average molecular weight is 378 g/mol. The summed E-state index contributed by atoms with van der Waals surface area (Å²) in [4.78, 5) is 21.1. The summed E-state index contributed by atoms with van der Waals surface area (Å²) < 4.78 is 0. The molecule has 0 aliphatic carbocycles. The predicted molar refractivity (Wildman–Crippen MR) is 103 cm³/mol. The molecule has 0 radical (unpaired) electrons. The Balaban J connectivity index is 1.71. The number of likely N-dealkylation sites (N-methyl/N-ethyl adjacent to an activating group) is 1. The Morgan fingerprint density at radius 2 is 2.17 bits per heavy atom. The van der Waals surface area contributed by atoms with Crippen LogP contribution >= 0.6 is 34.0 Å². The fourth-order valence-electron chi connectivity index (χ4n) is 2.45. The molecule has 0 unspecified atom stereocenters. The Bertz CT molecular complexity index is 791. The second-order valence-electron chi connectivity index (χ2n) is 5.66. The lowest BCUT2D eigenvalue weighted by Gasteiger charge is -2.23. The minimum atomic E-state index is -0.0464. The predicted octanol–water partition coefficient (Wildman–Crippen LogP) is 4.27. The van der Waals surface area contributed by atoms with Crippen molar-refractivity contribution in [2.75, 3.05) is 20.6 Å². The molecule has 0 saturated carbocycles. The molecular weight excluding hydrogens is 358 g/mol. The topological polar surface area (TPSA) is 45.2 Å². The average Bonchev–Trinajstić information content (AvgIpc) is 3.28. The van der Waals surface area contributed by atoms with Gasteiger partial charge in [-0.3, -0.25) is 4.79 Å². The molecule has 0 saturated heterocycles. The molecule has 4 nitrogen and oxygen atoms in total. The summed E-state index contributed by atoms with van der Waals surface area (Å²) >= 11 is 4.77. The molecule has 1 N–H and O–H groups in total. The molecule has 0 fully saturated rings. The SMILES string of the molecule is Cc1nc(-c2cccs2)sc1C(=O)NC[C@@H](c1ccsc1)N(C)C. The highest BCUT2D eigenvalue weighted by Crippen LogP contribution is 2.31. The highest BCUT2D eigenvalue weighted by Gasteiger charge is 2.20. The van der Waals surface area contributed by atoms with Gasteiger partial charge in [0.15, 0.2) is 0 Å². The Morgan fingerprint density at radius 1 is 1.33 bits per heavy atom. The number of amides is 1. The van der Waals surface area contributed by atoms with Crippen molar-refractivity contribution < 1.29 is 4.79 Å². The van der Waals surface area contributed by atoms with Crippen LogP contribution in [0.5, 0.6) is 0 Å². The molecule has 3 aromatic rings. The normalized spacial score (nSPS) is 12.5. The first-order valence-electron chi connectivity index (χ1n) is 7.54. The lowest BCUT2D eigenvalue weighted by molar-refractivity contribution is 0.0945. The van der Waals surface area contributed by atoms with Crippen molar-refractivity contribution in [3.05, 3.63) is 50.5 Å². The van der Waals surface area contributed by atoms with E-state index in [-0.39, 0.29) is 11.9 Å². The summed E-state index contributed by atoms with van der Waals surface area (Å²) in [6, 6.07) is 6.31. The van der Waals surface area contributed by atoms with Gasteiger partial charge < -0.3 is 10.2 Å². The van der Waals surface area contributed by atoms with Crippen molar-refractivity contribution in [1.82, 2.24) is 15.2 Å². The van der Waals surface area contributed by atoms with Gasteiger partial charge in [-0.1, -0.05) is 6.07 Å². The van der Waals surface area contributed by atoms with Gasteiger partial charge in [0.1, 0.15) is 9.88 Å². The number of nitrogens with one attached hydrogen (secondary N) is 1. The third-order valence-corrected chi connectivity index (χ3v) is 6.64. The number of thiazole rings is 1. The maximum absolute atomic E-state index is 12.6. The zero-order valence-electron chi connectivity index (χ0n) is 13.8. The second-order valence-corrected chi connectivity index (χ2v) is 8.38. The van der Waals surface area contributed by atoms with Gasteiger partial charge in [-0.25, -0.2) is 4.98 Å². The van der Waals surface area contributed by atoms with Gasteiger partial charge in [-0.15, -0.1) is 22.7 Å². The van der Waals surface area contributed by atoms with E-state index in [1.807, 2.05) is 38.5 Å². The van der Waals surface area contributed by atoms with Gasteiger partial charge in [0.25, 0.3) is 5.91 Å². The third-order valence-electron chi connectivity index (χ3n) is 3.74. The lowest BCUT2D eigenvalue weighted by Crippen LogP contribution is -2.34. The zero-order chi connectivity index (χ0) is 17.1. The number of carbonyl (C=O) groups excluding carboxylic acids is 1. The molecule has 0 spiro atoms. The van der Waals surface area contributed by atoms with Crippen LogP contribution in [0.15, 0.2) is 34.3 Å². The molecular formula is C17H19N3OS3. The number of hydrogen-bond acceptors (Lipinski definition) is 6. The van der Waals surface area contributed by atoms with Gasteiger partial charge in [-0.2, -0.15) is 11.3 Å². The summed E-state index contributed by atoms with van der Waals surface area (Å²) in [7, 11) is 4.06. The molecule has 1 atom stereocenters. The number of hydrogen-bond donors (Lipinski definition) is 1. The van der Waals surface area contributed by atoms with E-state index in [4.69, 9.17) is 0 Å². The molecule has 3 rings (SSSR count). The molecule has 0 bridgehead atoms. The molecule has 7 heteroatoms. The third kappa shape index (κ3) is 3.75. The van der Waals surface area contributed by atoms with Crippen molar-refractivity contribution in [1.29, 1.82) is 0 Å². The molecule has 24 heavy (non-hydrogen) atoms. The number of carbonyl (C=O) groups is 1. The van der Waals surface area contributed by atoms with Crippen LogP contribution in [0.4, 0.5) is 0 Å². The number of aryl methyl sites for hydroxylation is 1. The molecule has 0 aromatic carbocycles. The Labute approximate surface area is 153 Å². The molecule has 0 aliphatic rings. The highest BCUT2D eigenvalue weighted by molar-refractivity contribution is 7.22. The smallest absolute Gasteiger partial charge is 0.263 e. The van der Waals surface area contributed by atoms with Crippen LogP contribution in [0.1, 0.15) is 27.0 Å². The van der Waals surface area contributed by atoms with Crippen LogP contribution in [-0.4, -0.2) is 36.4 Å². The maximum Gasteiger partial charge on any atom is 0.263 e. The van der Waals surface area contributed by atoms with Crippen LogP contribution in [-0.2, 0) is 0 Å². The maximum atomic E-state index is 12.6. The minimum Gasteiger partial charge on any atom is -0.349 e. The van der Waals surface area contributed by atoms with E-state index in [9.17, 15) is 4.79 Å². The molecule has 3 aromatic heterocycles. The quantitative estimate of drug-likeness (QED) is 0.697. The van der Waals surface area contributed by atoms with Gasteiger partial charge in [0.2, 0.25) is 0 Å². The number of thiophene rings is 2. The Kier molecular flexibility index (Phi) is 5.45. The van der Waals surface area contributed by atoms with E-state index in [0.717, 1.165) is 15.6 Å². The summed E-state index contributed by atoms with van der Waals surface area (Å²) in [6.07, 6.45) is 0. The van der Waals surface area contributed by atoms with E-state index in [1.165, 1.54) is 16.9 Å². The van der Waals surface area contributed by atoms with E-state index >= 15 is 0 Å². The standard InChI is InChI=1S/C17H19N3OS3/c1-11-15(24-17(19-11)14-5-4-7-23-14)16(21)18-9-13(20(2)3)12-6-8-22-10-12/h4-8,10,13H,9H2,1-3H3,(H,18,21)/t13-/m0/s1. The summed E-state index contributed by atoms with van der Waals surface area (Å²) in [5, 5.41) is 10.2.